The quantitative estimate of drug-likeness (QED) is 0.509. The monoisotopic (exact) mass is 543 g/mol. The van der Waals surface area contributed by atoms with Crippen LogP contribution in [-0.4, -0.2) is 66.3 Å². The molecule has 1 atom stereocenters. The van der Waals surface area contributed by atoms with Crippen LogP contribution in [0, 0.1) is 29.1 Å². The third kappa shape index (κ3) is 7.09. The molecule has 9 heteroatoms. The minimum atomic E-state index is -1.07. The zero-order chi connectivity index (χ0) is 27.4. The number of nitrogens with one attached hydrogen (secondary N) is 1. The van der Waals surface area contributed by atoms with Crippen molar-refractivity contribution in [1.29, 1.82) is 0 Å². The minimum absolute atomic E-state index is 0.0360. The predicted octanol–water partition coefficient (Wildman–Crippen LogP) is 4.97. The number of rotatable bonds is 5. The molecule has 0 unspecified atom stereocenters. The Bertz CT molecular complexity index is 1080. The van der Waals surface area contributed by atoms with Crippen molar-refractivity contribution in [3.8, 4) is 11.8 Å². The SMILES string of the molecule is CC(C)(C)C#Cc1cc(N(C(=O)[C@H]2CC[C@H](C)CC2)[C@H]2CCN(C(=O)OC3CCNCC3)C2)c(C(=O)O)s1. The number of carbonyl (C=O) groups is 3. The van der Waals surface area contributed by atoms with Gasteiger partial charge >= 0.3 is 12.1 Å². The standard InChI is InChI=1S/C29H41N3O5S/c1-19-5-7-20(8-6-19)26(33)32(24-17-23(9-13-29(2,3)4)38-25(24)27(34)35)21-12-16-31(18-21)28(36)37-22-10-14-30-15-11-22/h17,19-22,30H,5-8,10-12,14-16,18H2,1-4H3,(H,34,35)/t19-,20-,21-/m0/s1. The number of carboxylic acid groups (broad SMARTS) is 1. The molecule has 1 aliphatic carbocycles. The zero-order valence-corrected chi connectivity index (χ0v) is 23.9. The van der Waals surface area contributed by atoms with Gasteiger partial charge in [0, 0.05) is 24.4 Å². The number of hydrogen-bond donors (Lipinski definition) is 2. The first-order valence-corrected chi connectivity index (χ1v) is 14.7. The molecule has 1 aromatic heterocycles. The summed E-state index contributed by atoms with van der Waals surface area (Å²) in [6.45, 7) is 10.7. The minimum Gasteiger partial charge on any atom is -0.477 e. The Balaban J connectivity index is 1.61. The lowest BCUT2D eigenvalue weighted by Crippen LogP contribution is -2.47. The third-order valence-electron chi connectivity index (χ3n) is 7.67. The Labute approximate surface area is 230 Å². The van der Waals surface area contributed by atoms with Crippen molar-refractivity contribution in [3.63, 3.8) is 0 Å². The summed E-state index contributed by atoms with van der Waals surface area (Å²) in [5, 5.41) is 13.4. The van der Waals surface area contributed by atoms with Gasteiger partial charge in [-0.05, 0) is 90.8 Å². The molecule has 0 bridgehead atoms. The first-order valence-electron chi connectivity index (χ1n) is 13.9. The molecule has 3 fully saturated rings. The number of hydrogen-bond acceptors (Lipinski definition) is 6. The number of piperidine rings is 1. The molecule has 4 rings (SSSR count). The van der Waals surface area contributed by atoms with Crippen molar-refractivity contribution in [2.75, 3.05) is 31.1 Å². The van der Waals surface area contributed by atoms with E-state index < -0.39 is 5.97 Å². The van der Waals surface area contributed by atoms with Gasteiger partial charge in [0.05, 0.1) is 16.6 Å². The Morgan fingerprint density at radius 3 is 2.42 bits per heavy atom. The van der Waals surface area contributed by atoms with Crippen molar-refractivity contribution in [1.82, 2.24) is 10.2 Å². The number of anilines is 1. The van der Waals surface area contributed by atoms with Gasteiger partial charge in [-0.1, -0.05) is 18.8 Å². The highest BCUT2D eigenvalue weighted by Gasteiger charge is 2.40. The molecule has 2 saturated heterocycles. The number of carbonyl (C=O) groups excluding carboxylic acids is 2. The van der Waals surface area contributed by atoms with E-state index in [0.717, 1.165) is 63.0 Å². The highest BCUT2D eigenvalue weighted by Crippen LogP contribution is 2.38. The van der Waals surface area contributed by atoms with E-state index in [9.17, 15) is 19.5 Å². The maximum Gasteiger partial charge on any atom is 0.410 e. The first-order chi connectivity index (χ1) is 18.0. The summed E-state index contributed by atoms with van der Waals surface area (Å²) in [6.07, 6.45) is 5.30. The van der Waals surface area contributed by atoms with E-state index in [1.807, 2.05) is 20.8 Å². The van der Waals surface area contributed by atoms with Gasteiger partial charge in [0.25, 0.3) is 0 Å². The van der Waals surface area contributed by atoms with Gasteiger partial charge < -0.3 is 25.0 Å². The first kappa shape index (κ1) is 28.4. The van der Waals surface area contributed by atoms with Crippen LogP contribution in [0.25, 0.3) is 0 Å². The number of aromatic carboxylic acids is 1. The molecule has 0 radical (unpaired) electrons. The van der Waals surface area contributed by atoms with E-state index in [2.05, 4.69) is 24.1 Å². The molecule has 38 heavy (non-hydrogen) atoms. The normalized spacial score (nSPS) is 24.4. The maximum absolute atomic E-state index is 14.0. The summed E-state index contributed by atoms with van der Waals surface area (Å²) in [5.74, 6) is 5.64. The Morgan fingerprint density at radius 1 is 1.11 bits per heavy atom. The van der Waals surface area contributed by atoms with Crippen molar-refractivity contribution in [2.24, 2.45) is 17.3 Å². The Hall–Kier alpha value is -2.57. The average Bonchev–Trinajstić information content (AvgIpc) is 3.52. The number of ether oxygens (including phenoxy) is 1. The molecule has 3 aliphatic rings. The lowest BCUT2D eigenvalue weighted by molar-refractivity contribution is -0.124. The largest absolute Gasteiger partial charge is 0.477 e. The van der Waals surface area contributed by atoms with Crippen LogP contribution < -0.4 is 10.2 Å². The third-order valence-corrected chi connectivity index (χ3v) is 8.70. The number of thiophene rings is 1. The van der Waals surface area contributed by atoms with Crippen LogP contribution in [0.4, 0.5) is 10.5 Å². The summed E-state index contributed by atoms with van der Waals surface area (Å²) >= 11 is 1.11. The Kier molecular flexibility index (Phi) is 9.04. The lowest BCUT2D eigenvalue weighted by Gasteiger charge is -2.34. The molecule has 0 spiro atoms. The van der Waals surface area contributed by atoms with Gasteiger partial charge in [-0.2, -0.15) is 0 Å². The Morgan fingerprint density at radius 2 is 1.79 bits per heavy atom. The predicted molar refractivity (Wildman–Crippen MR) is 149 cm³/mol. The topological polar surface area (TPSA) is 99.2 Å². The molecular formula is C29H41N3O5S. The molecule has 1 aromatic rings. The van der Waals surface area contributed by atoms with Crippen LogP contribution >= 0.6 is 11.3 Å². The number of carboxylic acids is 1. The van der Waals surface area contributed by atoms with Crippen molar-refractivity contribution in [2.45, 2.75) is 84.8 Å². The zero-order valence-electron chi connectivity index (χ0n) is 23.0. The van der Waals surface area contributed by atoms with Gasteiger partial charge in [-0.3, -0.25) is 4.79 Å². The molecular weight excluding hydrogens is 502 g/mol. The molecule has 2 N–H and O–H groups in total. The molecule has 0 aromatic carbocycles. The van der Waals surface area contributed by atoms with Crippen LogP contribution in [0.3, 0.4) is 0 Å². The fraction of sp³-hybridized carbons (Fsp3) is 0.690. The van der Waals surface area contributed by atoms with E-state index in [1.54, 1.807) is 15.9 Å². The van der Waals surface area contributed by atoms with Crippen LogP contribution in [-0.2, 0) is 9.53 Å². The number of nitrogens with zero attached hydrogens (tertiary/aromatic N) is 2. The average molecular weight is 544 g/mol. The molecule has 3 heterocycles. The van der Waals surface area contributed by atoms with Gasteiger partial charge in [-0.25, -0.2) is 9.59 Å². The fourth-order valence-electron chi connectivity index (χ4n) is 5.47. The summed E-state index contributed by atoms with van der Waals surface area (Å²) in [5.41, 5.74) is 0.172. The van der Waals surface area contributed by atoms with Gasteiger partial charge in [0.1, 0.15) is 11.0 Å². The van der Waals surface area contributed by atoms with E-state index in [1.165, 1.54) is 0 Å². The highest BCUT2D eigenvalue weighted by molar-refractivity contribution is 7.15. The van der Waals surface area contributed by atoms with E-state index in [0.29, 0.717) is 36.0 Å². The molecule has 2 amide bonds. The van der Waals surface area contributed by atoms with Crippen LogP contribution in [0.5, 0.6) is 0 Å². The van der Waals surface area contributed by atoms with E-state index >= 15 is 0 Å². The number of amides is 2. The maximum atomic E-state index is 14.0. The smallest absolute Gasteiger partial charge is 0.410 e. The summed E-state index contributed by atoms with van der Waals surface area (Å²) in [7, 11) is 0. The van der Waals surface area contributed by atoms with Crippen molar-refractivity contribution >= 4 is 35.0 Å². The van der Waals surface area contributed by atoms with E-state index in [4.69, 9.17) is 4.74 Å². The lowest BCUT2D eigenvalue weighted by atomic mass is 9.82. The molecule has 2 aliphatic heterocycles. The van der Waals surface area contributed by atoms with Gasteiger partial charge in [-0.15, -0.1) is 11.3 Å². The van der Waals surface area contributed by atoms with Crippen molar-refractivity contribution < 1.29 is 24.2 Å². The van der Waals surface area contributed by atoms with Gasteiger partial charge in [0.2, 0.25) is 5.91 Å². The van der Waals surface area contributed by atoms with Crippen LogP contribution in [0.2, 0.25) is 0 Å². The van der Waals surface area contributed by atoms with Crippen LogP contribution in [0.15, 0.2) is 6.07 Å². The molecule has 1 saturated carbocycles. The second-order valence-electron chi connectivity index (χ2n) is 12.0. The van der Waals surface area contributed by atoms with Gasteiger partial charge in [0.15, 0.2) is 0 Å². The van der Waals surface area contributed by atoms with Crippen LogP contribution in [0.1, 0.15) is 87.2 Å². The van der Waals surface area contributed by atoms with Crippen molar-refractivity contribution in [3.05, 3.63) is 15.8 Å². The number of likely N-dealkylation sites (tertiary alicyclic amines) is 1. The fourth-order valence-corrected chi connectivity index (χ4v) is 6.31. The summed E-state index contributed by atoms with van der Waals surface area (Å²) in [6, 6.07) is 1.45. The second-order valence-corrected chi connectivity index (χ2v) is 13.1. The second kappa shape index (κ2) is 12.1. The molecule has 208 valence electrons. The van der Waals surface area contributed by atoms with E-state index in [-0.39, 0.29) is 40.4 Å². The highest BCUT2D eigenvalue weighted by atomic mass is 32.1. The molecule has 8 nitrogen and oxygen atoms in total. The summed E-state index contributed by atoms with van der Waals surface area (Å²) in [4.78, 5) is 43.4. The summed E-state index contributed by atoms with van der Waals surface area (Å²) < 4.78 is 5.76.